The summed E-state index contributed by atoms with van der Waals surface area (Å²) in [5.41, 5.74) is -0.616. The van der Waals surface area contributed by atoms with Gasteiger partial charge in [0.15, 0.2) is 0 Å². The summed E-state index contributed by atoms with van der Waals surface area (Å²) >= 11 is 0. The molecule has 1 rings (SSSR count). The summed E-state index contributed by atoms with van der Waals surface area (Å²) in [4.78, 5) is 35.3. The third kappa shape index (κ3) is 5.15. The summed E-state index contributed by atoms with van der Waals surface area (Å²) in [6.07, 6.45) is -0.256. The van der Waals surface area contributed by atoms with E-state index in [1.165, 1.54) is 4.90 Å². The maximum atomic E-state index is 11.9. The predicted molar refractivity (Wildman–Crippen MR) is 66.6 cm³/mol. The van der Waals surface area contributed by atoms with Gasteiger partial charge in [0.1, 0.15) is 11.6 Å². The number of ether oxygens (including phenoxy) is 1. The molecule has 0 radical (unpaired) electrons. The topological polar surface area (TPSA) is 95.9 Å². The van der Waals surface area contributed by atoms with E-state index in [0.29, 0.717) is 13.0 Å². The number of hydrogen-bond acceptors (Lipinski definition) is 4. The second-order valence-electron chi connectivity index (χ2n) is 5.46. The Bertz CT molecular complexity index is 375. The fraction of sp³-hybridized carbons (Fsp3) is 0.750. The molecule has 2 amide bonds. The van der Waals surface area contributed by atoms with Gasteiger partial charge in [-0.05, 0) is 27.2 Å². The van der Waals surface area contributed by atoms with Gasteiger partial charge in [0.25, 0.3) is 0 Å². The van der Waals surface area contributed by atoms with Crippen LogP contribution in [0.3, 0.4) is 0 Å². The molecular formula is C12H20N2O5. The lowest BCUT2D eigenvalue weighted by Crippen LogP contribution is -2.44. The first-order valence-electron chi connectivity index (χ1n) is 6.19. The molecule has 0 saturated carbocycles. The van der Waals surface area contributed by atoms with Crippen molar-refractivity contribution >= 4 is 18.0 Å². The van der Waals surface area contributed by atoms with E-state index in [-0.39, 0.29) is 18.9 Å². The van der Waals surface area contributed by atoms with Crippen LogP contribution in [0.4, 0.5) is 4.79 Å². The van der Waals surface area contributed by atoms with Crippen molar-refractivity contribution in [3.05, 3.63) is 0 Å². The molecule has 7 nitrogen and oxygen atoms in total. The summed E-state index contributed by atoms with van der Waals surface area (Å²) in [7, 11) is 0. The van der Waals surface area contributed by atoms with Crippen molar-refractivity contribution in [2.45, 2.75) is 45.3 Å². The molecule has 0 spiro atoms. The molecule has 1 saturated heterocycles. The molecule has 1 atom stereocenters. The van der Waals surface area contributed by atoms with Gasteiger partial charge >= 0.3 is 12.1 Å². The molecule has 7 heteroatoms. The van der Waals surface area contributed by atoms with Gasteiger partial charge in [-0.15, -0.1) is 0 Å². The average Bonchev–Trinajstić information content (AvgIpc) is 2.55. The van der Waals surface area contributed by atoms with Gasteiger partial charge in [0.05, 0.1) is 6.42 Å². The Balaban J connectivity index is 2.43. The number of nitrogens with one attached hydrogen (secondary N) is 1. The number of rotatable bonds is 4. The van der Waals surface area contributed by atoms with E-state index in [9.17, 15) is 14.4 Å². The van der Waals surface area contributed by atoms with Crippen LogP contribution in [0.15, 0.2) is 0 Å². The van der Waals surface area contributed by atoms with Gasteiger partial charge in [0, 0.05) is 13.1 Å². The van der Waals surface area contributed by atoms with Crippen molar-refractivity contribution in [3.8, 4) is 0 Å². The van der Waals surface area contributed by atoms with E-state index in [1.807, 2.05) is 0 Å². The number of carboxylic acids is 1. The first kappa shape index (κ1) is 15.3. The minimum atomic E-state index is -0.948. The highest BCUT2D eigenvalue weighted by atomic mass is 16.6. The lowest BCUT2D eigenvalue weighted by atomic mass is 10.2. The zero-order valence-corrected chi connectivity index (χ0v) is 11.4. The third-order valence-corrected chi connectivity index (χ3v) is 2.58. The monoisotopic (exact) mass is 272 g/mol. The highest BCUT2D eigenvalue weighted by Gasteiger charge is 2.33. The van der Waals surface area contributed by atoms with E-state index < -0.39 is 23.7 Å². The Morgan fingerprint density at radius 3 is 2.63 bits per heavy atom. The van der Waals surface area contributed by atoms with Crippen molar-refractivity contribution in [2.75, 3.05) is 13.1 Å². The molecule has 108 valence electrons. The first-order chi connectivity index (χ1) is 8.69. The number of carbonyl (C=O) groups excluding carboxylic acids is 2. The minimum absolute atomic E-state index is 0.0924. The van der Waals surface area contributed by atoms with Crippen LogP contribution >= 0.6 is 0 Å². The standard InChI is InChI=1S/C12H20N2O5/c1-12(2,3)19-11(18)13-8-4-6-14(10(8)17)7-5-9(15)16/h8H,4-7H2,1-3H3,(H,13,18)(H,15,16). The summed E-state index contributed by atoms with van der Waals surface area (Å²) in [5, 5.41) is 11.1. The van der Waals surface area contributed by atoms with Crippen molar-refractivity contribution < 1.29 is 24.2 Å². The number of carbonyl (C=O) groups is 3. The van der Waals surface area contributed by atoms with Crippen LogP contribution in [0, 0.1) is 0 Å². The number of likely N-dealkylation sites (tertiary alicyclic amines) is 1. The fourth-order valence-corrected chi connectivity index (χ4v) is 1.78. The molecule has 0 aromatic carbocycles. The molecule has 1 fully saturated rings. The molecule has 2 N–H and O–H groups in total. The van der Waals surface area contributed by atoms with Crippen LogP contribution in [-0.2, 0) is 14.3 Å². The Morgan fingerprint density at radius 2 is 2.11 bits per heavy atom. The van der Waals surface area contributed by atoms with E-state index >= 15 is 0 Å². The maximum Gasteiger partial charge on any atom is 0.408 e. The number of alkyl carbamates (subject to hydrolysis) is 1. The summed E-state index contributed by atoms with van der Waals surface area (Å²) < 4.78 is 5.07. The van der Waals surface area contributed by atoms with Gasteiger partial charge in [0.2, 0.25) is 5.91 Å². The van der Waals surface area contributed by atoms with Crippen molar-refractivity contribution in [1.82, 2.24) is 10.2 Å². The van der Waals surface area contributed by atoms with E-state index in [4.69, 9.17) is 9.84 Å². The first-order valence-corrected chi connectivity index (χ1v) is 6.19. The smallest absolute Gasteiger partial charge is 0.408 e. The summed E-state index contributed by atoms with van der Waals surface area (Å²) in [5.74, 6) is -1.21. The fourth-order valence-electron chi connectivity index (χ4n) is 1.78. The molecule has 1 aliphatic heterocycles. The third-order valence-electron chi connectivity index (χ3n) is 2.58. The van der Waals surface area contributed by atoms with Crippen molar-refractivity contribution in [3.63, 3.8) is 0 Å². The zero-order chi connectivity index (χ0) is 14.6. The molecule has 0 aliphatic carbocycles. The minimum Gasteiger partial charge on any atom is -0.481 e. The maximum absolute atomic E-state index is 11.9. The summed E-state index contributed by atoms with van der Waals surface area (Å²) in [6.45, 7) is 5.83. The van der Waals surface area contributed by atoms with E-state index in [0.717, 1.165) is 0 Å². The van der Waals surface area contributed by atoms with E-state index in [2.05, 4.69) is 5.32 Å². The quantitative estimate of drug-likeness (QED) is 0.780. The lowest BCUT2D eigenvalue weighted by molar-refractivity contribution is -0.138. The second-order valence-corrected chi connectivity index (χ2v) is 5.46. The lowest BCUT2D eigenvalue weighted by Gasteiger charge is -2.21. The molecular weight excluding hydrogens is 252 g/mol. The molecule has 0 aromatic heterocycles. The van der Waals surface area contributed by atoms with Crippen LogP contribution in [-0.4, -0.2) is 52.7 Å². The number of amides is 2. The van der Waals surface area contributed by atoms with Gasteiger partial charge < -0.3 is 20.1 Å². The van der Waals surface area contributed by atoms with E-state index in [1.54, 1.807) is 20.8 Å². The second kappa shape index (κ2) is 5.90. The highest BCUT2D eigenvalue weighted by molar-refractivity contribution is 5.87. The number of carboxylic acid groups (broad SMARTS) is 1. The zero-order valence-electron chi connectivity index (χ0n) is 11.4. The molecule has 0 aromatic rings. The SMILES string of the molecule is CC(C)(C)OC(=O)NC1CCN(CCC(=O)O)C1=O. The molecule has 1 unspecified atom stereocenters. The molecule has 1 heterocycles. The summed E-state index contributed by atoms with van der Waals surface area (Å²) in [6, 6.07) is -0.622. The Labute approximate surface area is 111 Å². The highest BCUT2D eigenvalue weighted by Crippen LogP contribution is 2.13. The predicted octanol–water partition coefficient (Wildman–Crippen LogP) is 0.587. The van der Waals surface area contributed by atoms with Gasteiger partial charge in [-0.1, -0.05) is 0 Å². The molecule has 19 heavy (non-hydrogen) atoms. The van der Waals surface area contributed by atoms with Crippen LogP contribution in [0.2, 0.25) is 0 Å². The number of hydrogen-bond donors (Lipinski definition) is 2. The van der Waals surface area contributed by atoms with Crippen LogP contribution in [0.5, 0.6) is 0 Å². The molecule has 1 aliphatic rings. The van der Waals surface area contributed by atoms with Crippen LogP contribution in [0.1, 0.15) is 33.6 Å². The Morgan fingerprint density at radius 1 is 1.47 bits per heavy atom. The van der Waals surface area contributed by atoms with Gasteiger partial charge in [-0.25, -0.2) is 4.79 Å². The normalized spacial score (nSPS) is 19.4. The number of nitrogens with zero attached hydrogens (tertiary/aromatic N) is 1. The van der Waals surface area contributed by atoms with Gasteiger partial charge in [-0.2, -0.15) is 0 Å². The largest absolute Gasteiger partial charge is 0.481 e. The average molecular weight is 272 g/mol. The van der Waals surface area contributed by atoms with Gasteiger partial charge in [-0.3, -0.25) is 9.59 Å². The Hall–Kier alpha value is -1.79. The number of aliphatic carboxylic acids is 1. The van der Waals surface area contributed by atoms with Crippen LogP contribution in [0.25, 0.3) is 0 Å². The van der Waals surface area contributed by atoms with Crippen molar-refractivity contribution in [1.29, 1.82) is 0 Å². The Kier molecular flexibility index (Phi) is 4.74. The van der Waals surface area contributed by atoms with Crippen LogP contribution < -0.4 is 5.32 Å². The van der Waals surface area contributed by atoms with Crippen molar-refractivity contribution in [2.24, 2.45) is 0 Å². The molecule has 0 bridgehead atoms.